The Hall–Kier alpha value is -1.94. The molecule has 20 heavy (non-hydrogen) atoms. The Bertz CT molecular complexity index is 595. The van der Waals surface area contributed by atoms with Gasteiger partial charge in [0, 0.05) is 24.0 Å². The van der Waals surface area contributed by atoms with Crippen molar-refractivity contribution in [1.29, 1.82) is 0 Å². The number of ether oxygens (including phenoxy) is 1. The van der Waals surface area contributed by atoms with Gasteiger partial charge >= 0.3 is 6.01 Å². The number of hydrogen-bond acceptors (Lipinski definition) is 4. The fourth-order valence-corrected chi connectivity index (χ4v) is 2.77. The zero-order valence-electron chi connectivity index (χ0n) is 11.7. The molecule has 4 heteroatoms. The minimum atomic E-state index is 0.175. The van der Waals surface area contributed by atoms with Gasteiger partial charge in [-0.25, -0.2) is 9.97 Å². The van der Waals surface area contributed by atoms with Crippen molar-refractivity contribution in [2.24, 2.45) is 5.73 Å². The summed E-state index contributed by atoms with van der Waals surface area (Å²) in [7, 11) is 1.57. The molecule has 0 saturated heterocycles. The predicted octanol–water partition coefficient (Wildman–Crippen LogP) is 2.88. The van der Waals surface area contributed by atoms with E-state index < -0.39 is 0 Å². The summed E-state index contributed by atoms with van der Waals surface area (Å²) in [4.78, 5) is 8.32. The van der Waals surface area contributed by atoms with Crippen LogP contribution in [0.1, 0.15) is 36.4 Å². The molecule has 0 spiro atoms. The van der Waals surface area contributed by atoms with Gasteiger partial charge in [0.25, 0.3) is 0 Å². The minimum Gasteiger partial charge on any atom is -0.467 e. The largest absolute Gasteiger partial charge is 0.467 e. The van der Waals surface area contributed by atoms with Crippen LogP contribution in [0.15, 0.2) is 30.6 Å². The summed E-state index contributed by atoms with van der Waals surface area (Å²) in [6.45, 7) is 0. The molecule has 1 heterocycles. The average molecular weight is 269 g/mol. The van der Waals surface area contributed by atoms with Crippen molar-refractivity contribution in [3.63, 3.8) is 0 Å². The van der Waals surface area contributed by atoms with E-state index in [1.807, 2.05) is 0 Å². The van der Waals surface area contributed by atoms with Crippen LogP contribution in [0.25, 0.3) is 11.1 Å². The lowest BCUT2D eigenvalue weighted by molar-refractivity contribution is 0.380. The average Bonchev–Trinajstić information content (AvgIpc) is 2.69. The van der Waals surface area contributed by atoms with Crippen LogP contribution in [0.3, 0.4) is 0 Å². The van der Waals surface area contributed by atoms with Gasteiger partial charge in [0.15, 0.2) is 0 Å². The van der Waals surface area contributed by atoms with Crippen LogP contribution in [0.5, 0.6) is 6.01 Å². The summed E-state index contributed by atoms with van der Waals surface area (Å²) in [5, 5.41) is 0. The first-order chi connectivity index (χ1) is 9.78. The van der Waals surface area contributed by atoms with E-state index in [2.05, 4.69) is 28.2 Å². The molecule has 104 valence electrons. The van der Waals surface area contributed by atoms with Crippen molar-refractivity contribution in [3.8, 4) is 17.1 Å². The van der Waals surface area contributed by atoms with Gasteiger partial charge in [-0.2, -0.15) is 0 Å². The molecule has 1 aromatic heterocycles. The van der Waals surface area contributed by atoms with E-state index in [-0.39, 0.29) is 6.04 Å². The van der Waals surface area contributed by atoms with Gasteiger partial charge in [0.05, 0.1) is 7.11 Å². The Morgan fingerprint density at radius 2 is 1.95 bits per heavy atom. The number of benzene rings is 1. The van der Waals surface area contributed by atoms with Gasteiger partial charge in [-0.3, -0.25) is 0 Å². The summed E-state index contributed by atoms with van der Waals surface area (Å²) in [6.07, 6.45) is 8.19. The zero-order valence-corrected chi connectivity index (χ0v) is 11.7. The third kappa shape index (κ3) is 2.51. The number of nitrogens with two attached hydrogens (primary N) is 1. The quantitative estimate of drug-likeness (QED) is 0.852. The molecule has 1 unspecified atom stereocenters. The molecule has 2 N–H and O–H groups in total. The van der Waals surface area contributed by atoms with Gasteiger partial charge in [-0.15, -0.1) is 0 Å². The van der Waals surface area contributed by atoms with Crippen molar-refractivity contribution in [2.45, 2.75) is 31.7 Å². The number of hydrogen-bond donors (Lipinski definition) is 1. The standard InChI is InChI=1S/C16H19N3O/c1-20-16-18-9-13(10-19-16)11-6-7-14-12(8-11)4-2-3-5-15(14)17/h6-10,15H,2-5,17H2,1H3. The number of rotatable bonds is 2. The van der Waals surface area contributed by atoms with Crippen LogP contribution < -0.4 is 10.5 Å². The number of aromatic nitrogens is 2. The van der Waals surface area contributed by atoms with Gasteiger partial charge in [-0.1, -0.05) is 24.6 Å². The SMILES string of the molecule is COc1ncc(-c2ccc3c(c2)CCCCC3N)cn1. The lowest BCUT2D eigenvalue weighted by Gasteiger charge is -2.14. The Morgan fingerprint density at radius 3 is 2.70 bits per heavy atom. The second-order valence-electron chi connectivity index (χ2n) is 5.22. The molecule has 0 radical (unpaired) electrons. The maximum atomic E-state index is 6.23. The second-order valence-corrected chi connectivity index (χ2v) is 5.22. The molecule has 3 rings (SSSR count). The summed E-state index contributed by atoms with van der Waals surface area (Å²) in [5.74, 6) is 0. The minimum absolute atomic E-state index is 0.175. The van der Waals surface area contributed by atoms with E-state index >= 15 is 0 Å². The Labute approximate surface area is 119 Å². The van der Waals surface area contributed by atoms with E-state index in [1.54, 1.807) is 19.5 Å². The van der Waals surface area contributed by atoms with Gasteiger partial charge in [0.2, 0.25) is 0 Å². The van der Waals surface area contributed by atoms with Gasteiger partial charge in [0.1, 0.15) is 0 Å². The highest BCUT2D eigenvalue weighted by Gasteiger charge is 2.15. The van der Waals surface area contributed by atoms with Gasteiger partial charge < -0.3 is 10.5 Å². The second kappa shape index (κ2) is 5.59. The Balaban J connectivity index is 1.96. The number of fused-ring (bicyclic) bond motifs is 1. The number of aryl methyl sites for hydroxylation is 1. The first-order valence-electron chi connectivity index (χ1n) is 7.03. The number of nitrogens with zero attached hydrogens (tertiary/aromatic N) is 2. The highest BCUT2D eigenvalue weighted by molar-refractivity contribution is 5.63. The monoisotopic (exact) mass is 269 g/mol. The lowest BCUT2D eigenvalue weighted by Crippen LogP contribution is -2.10. The molecule has 1 aromatic carbocycles. The highest BCUT2D eigenvalue weighted by atomic mass is 16.5. The van der Waals surface area contributed by atoms with Crippen LogP contribution >= 0.6 is 0 Å². The van der Waals surface area contributed by atoms with Crippen LogP contribution in [-0.2, 0) is 6.42 Å². The molecule has 0 aliphatic heterocycles. The molecular weight excluding hydrogens is 250 g/mol. The molecule has 0 fully saturated rings. The van der Waals surface area contributed by atoms with Crippen LogP contribution in [0, 0.1) is 0 Å². The molecule has 0 bridgehead atoms. The zero-order chi connectivity index (χ0) is 13.9. The van der Waals surface area contributed by atoms with Gasteiger partial charge in [-0.05, 0) is 36.0 Å². The molecular formula is C16H19N3O. The molecule has 1 aliphatic carbocycles. The maximum Gasteiger partial charge on any atom is 0.316 e. The van der Waals surface area contributed by atoms with E-state index in [0.717, 1.165) is 24.0 Å². The fraction of sp³-hybridized carbons (Fsp3) is 0.375. The predicted molar refractivity (Wildman–Crippen MR) is 78.5 cm³/mol. The topological polar surface area (TPSA) is 61.0 Å². The Morgan fingerprint density at radius 1 is 1.15 bits per heavy atom. The summed E-state index contributed by atoms with van der Waals surface area (Å²) in [5.41, 5.74) is 11.0. The molecule has 0 saturated carbocycles. The molecule has 2 aromatic rings. The summed E-state index contributed by atoms with van der Waals surface area (Å²) in [6, 6.07) is 7.06. The highest BCUT2D eigenvalue weighted by Crippen LogP contribution is 2.30. The van der Waals surface area contributed by atoms with E-state index in [0.29, 0.717) is 6.01 Å². The molecule has 0 amide bonds. The maximum absolute atomic E-state index is 6.23. The number of methoxy groups -OCH3 is 1. The van der Waals surface area contributed by atoms with Crippen LogP contribution in [0.2, 0.25) is 0 Å². The third-order valence-corrected chi connectivity index (χ3v) is 3.90. The van der Waals surface area contributed by atoms with Crippen molar-refractivity contribution in [2.75, 3.05) is 7.11 Å². The van der Waals surface area contributed by atoms with Crippen molar-refractivity contribution in [3.05, 3.63) is 41.7 Å². The smallest absolute Gasteiger partial charge is 0.316 e. The first kappa shape index (κ1) is 13.1. The van der Waals surface area contributed by atoms with Crippen molar-refractivity contribution < 1.29 is 4.74 Å². The van der Waals surface area contributed by atoms with E-state index in [9.17, 15) is 0 Å². The summed E-state index contributed by atoms with van der Waals surface area (Å²) >= 11 is 0. The molecule has 1 aliphatic rings. The van der Waals surface area contributed by atoms with Crippen LogP contribution in [-0.4, -0.2) is 17.1 Å². The first-order valence-corrected chi connectivity index (χ1v) is 7.03. The van der Waals surface area contributed by atoms with E-state index in [4.69, 9.17) is 10.5 Å². The normalized spacial score (nSPS) is 18.2. The Kier molecular flexibility index (Phi) is 3.65. The van der Waals surface area contributed by atoms with E-state index in [1.165, 1.54) is 24.0 Å². The van der Waals surface area contributed by atoms with Crippen molar-refractivity contribution >= 4 is 0 Å². The molecule has 1 atom stereocenters. The van der Waals surface area contributed by atoms with Crippen molar-refractivity contribution in [1.82, 2.24) is 9.97 Å². The fourth-order valence-electron chi connectivity index (χ4n) is 2.77. The van der Waals surface area contributed by atoms with Crippen LogP contribution in [0.4, 0.5) is 0 Å². The molecule has 4 nitrogen and oxygen atoms in total. The summed E-state index contributed by atoms with van der Waals surface area (Å²) < 4.78 is 4.99. The third-order valence-electron chi connectivity index (χ3n) is 3.90. The lowest BCUT2D eigenvalue weighted by atomic mass is 9.95.